The molecule has 4 nitrogen and oxygen atoms in total. The van der Waals surface area contributed by atoms with Crippen molar-refractivity contribution in [3.63, 3.8) is 0 Å². The Kier molecular flexibility index (Phi) is 4.76. The second-order valence-electron chi connectivity index (χ2n) is 5.71. The SMILES string of the molecule is CSC(C)CCN1CCC(=O)NC2(CCCC2)C1=O. The molecule has 2 amide bonds. The van der Waals surface area contributed by atoms with Crippen molar-refractivity contribution >= 4 is 23.6 Å². The number of rotatable bonds is 4. The van der Waals surface area contributed by atoms with Crippen molar-refractivity contribution in [2.45, 2.75) is 56.2 Å². The second-order valence-corrected chi connectivity index (χ2v) is 6.99. The number of amides is 2. The predicted octanol–water partition coefficient (Wildman–Crippen LogP) is 1.79. The third-order valence-electron chi connectivity index (χ3n) is 4.35. The summed E-state index contributed by atoms with van der Waals surface area (Å²) < 4.78 is 0. The van der Waals surface area contributed by atoms with E-state index in [0.29, 0.717) is 18.2 Å². The third-order valence-corrected chi connectivity index (χ3v) is 5.39. The zero-order valence-electron chi connectivity index (χ0n) is 11.9. The highest BCUT2D eigenvalue weighted by Gasteiger charge is 2.46. The van der Waals surface area contributed by atoms with Gasteiger partial charge in [0.1, 0.15) is 5.54 Å². The molecule has 1 saturated heterocycles. The van der Waals surface area contributed by atoms with Crippen LogP contribution >= 0.6 is 11.8 Å². The van der Waals surface area contributed by atoms with E-state index in [9.17, 15) is 9.59 Å². The van der Waals surface area contributed by atoms with Crippen LogP contribution < -0.4 is 5.32 Å². The summed E-state index contributed by atoms with van der Waals surface area (Å²) in [5.74, 6) is 0.194. The molecular formula is C14H24N2O2S. The summed E-state index contributed by atoms with van der Waals surface area (Å²) in [7, 11) is 0. The molecule has 1 aliphatic heterocycles. The topological polar surface area (TPSA) is 49.4 Å². The van der Waals surface area contributed by atoms with Crippen molar-refractivity contribution in [2.24, 2.45) is 0 Å². The van der Waals surface area contributed by atoms with E-state index in [2.05, 4.69) is 18.5 Å². The summed E-state index contributed by atoms with van der Waals surface area (Å²) in [4.78, 5) is 26.5. The van der Waals surface area contributed by atoms with Gasteiger partial charge in [-0.15, -0.1) is 0 Å². The van der Waals surface area contributed by atoms with E-state index in [1.165, 1.54) is 0 Å². The van der Waals surface area contributed by atoms with Crippen molar-refractivity contribution in [1.29, 1.82) is 0 Å². The number of thioether (sulfide) groups is 1. The Bertz CT molecular complexity index is 353. The molecule has 1 aliphatic carbocycles. The van der Waals surface area contributed by atoms with Crippen LogP contribution in [0.1, 0.15) is 45.4 Å². The van der Waals surface area contributed by atoms with Crippen LogP contribution in [0.4, 0.5) is 0 Å². The van der Waals surface area contributed by atoms with Crippen molar-refractivity contribution in [1.82, 2.24) is 10.2 Å². The molecule has 1 heterocycles. The quantitative estimate of drug-likeness (QED) is 0.856. The molecule has 1 atom stereocenters. The van der Waals surface area contributed by atoms with Crippen molar-refractivity contribution in [3.05, 3.63) is 0 Å². The molecule has 0 aromatic heterocycles. The normalized spacial score (nSPS) is 24.4. The van der Waals surface area contributed by atoms with Gasteiger partial charge in [0, 0.05) is 24.8 Å². The van der Waals surface area contributed by atoms with E-state index in [1.807, 2.05) is 16.7 Å². The monoisotopic (exact) mass is 284 g/mol. The fraction of sp³-hybridized carbons (Fsp3) is 0.857. The summed E-state index contributed by atoms with van der Waals surface area (Å²) in [6.07, 6.45) is 7.25. The Balaban J connectivity index is 2.06. The molecule has 2 aliphatic rings. The van der Waals surface area contributed by atoms with Crippen LogP contribution in [0.5, 0.6) is 0 Å². The van der Waals surface area contributed by atoms with Gasteiger partial charge in [-0.2, -0.15) is 11.8 Å². The first-order valence-electron chi connectivity index (χ1n) is 7.20. The minimum Gasteiger partial charge on any atom is -0.342 e. The Morgan fingerprint density at radius 2 is 2.05 bits per heavy atom. The van der Waals surface area contributed by atoms with E-state index in [1.54, 1.807) is 0 Å². The van der Waals surface area contributed by atoms with Crippen LogP contribution in [-0.2, 0) is 9.59 Å². The highest BCUT2D eigenvalue weighted by molar-refractivity contribution is 7.99. The van der Waals surface area contributed by atoms with Gasteiger partial charge in [0.2, 0.25) is 11.8 Å². The lowest BCUT2D eigenvalue weighted by molar-refractivity contribution is -0.138. The predicted molar refractivity (Wildman–Crippen MR) is 78.1 cm³/mol. The van der Waals surface area contributed by atoms with Crippen molar-refractivity contribution in [2.75, 3.05) is 19.3 Å². The molecule has 1 spiro atoms. The molecule has 1 unspecified atom stereocenters. The van der Waals surface area contributed by atoms with Gasteiger partial charge in [-0.1, -0.05) is 19.8 Å². The highest BCUT2D eigenvalue weighted by atomic mass is 32.2. The molecule has 108 valence electrons. The molecule has 0 radical (unpaired) electrons. The molecule has 5 heteroatoms. The van der Waals surface area contributed by atoms with E-state index in [4.69, 9.17) is 0 Å². The number of carbonyl (C=O) groups is 2. The number of hydrogen-bond acceptors (Lipinski definition) is 3. The average molecular weight is 284 g/mol. The minimum atomic E-state index is -0.573. The van der Waals surface area contributed by atoms with E-state index in [-0.39, 0.29) is 11.8 Å². The van der Waals surface area contributed by atoms with Gasteiger partial charge in [-0.3, -0.25) is 9.59 Å². The maximum atomic E-state index is 12.7. The van der Waals surface area contributed by atoms with Gasteiger partial charge < -0.3 is 10.2 Å². The lowest BCUT2D eigenvalue weighted by atomic mass is 9.96. The van der Waals surface area contributed by atoms with Gasteiger partial charge in [0.15, 0.2) is 0 Å². The van der Waals surface area contributed by atoms with Gasteiger partial charge in [-0.05, 0) is 25.5 Å². The summed E-state index contributed by atoms with van der Waals surface area (Å²) in [6.45, 7) is 3.53. The summed E-state index contributed by atoms with van der Waals surface area (Å²) in [6, 6.07) is 0. The zero-order valence-corrected chi connectivity index (χ0v) is 12.7. The van der Waals surface area contributed by atoms with Crippen LogP contribution in [0, 0.1) is 0 Å². The zero-order chi connectivity index (χ0) is 13.9. The molecule has 2 rings (SSSR count). The lowest BCUT2D eigenvalue weighted by Gasteiger charge is -2.32. The standard InChI is InChI=1S/C14H24N2O2S/c1-11(19-2)5-9-16-10-6-12(17)15-14(13(16)18)7-3-4-8-14/h11H,3-10H2,1-2H3,(H,15,17). The van der Waals surface area contributed by atoms with Crippen LogP contribution in [0.3, 0.4) is 0 Å². The molecule has 2 fully saturated rings. The van der Waals surface area contributed by atoms with Gasteiger partial charge in [0.05, 0.1) is 0 Å². The smallest absolute Gasteiger partial charge is 0.248 e. The van der Waals surface area contributed by atoms with Gasteiger partial charge >= 0.3 is 0 Å². The fourth-order valence-corrected chi connectivity index (χ4v) is 3.35. The minimum absolute atomic E-state index is 0.0377. The molecule has 0 aromatic rings. The molecule has 1 N–H and O–H groups in total. The first-order valence-corrected chi connectivity index (χ1v) is 8.49. The average Bonchev–Trinajstić information content (AvgIpc) is 2.82. The lowest BCUT2D eigenvalue weighted by Crippen LogP contribution is -2.55. The molecular weight excluding hydrogens is 260 g/mol. The van der Waals surface area contributed by atoms with E-state index < -0.39 is 5.54 Å². The second kappa shape index (κ2) is 6.16. The first-order chi connectivity index (χ1) is 9.07. The molecule has 19 heavy (non-hydrogen) atoms. The molecule has 1 saturated carbocycles. The summed E-state index contributed by atoms with van der Waals surface area (Å²) in [5.41, 5.74) is -0.573. The van der Waals surface area contributed by atoms with Crippen LogP contribution in [0.2, 0.25) is 0 Å². The Hall–Kier alpha value is -0.710. The maximum Gasteiger partial charge on any atom is 0.248 e. The Labute approximate surface area is 119 Å². The van der Waals surface area contributed by atoms with E-state index >= 15 is 0 Å². The Morgan fingerprint density at radius 1 is 1.37 bits per heavy atom. The number of nitrogens with zero attached hydrogens (tertiary/aromatic N) is 1. The molecule has 0 bridgehead atoms. The van der Waals surface area contributed by atoms with Crippen LogP contribution in [0.25, 0.3) is 0 Å². The number of hydrogen-bond donors (Lipinski definition) is 1. The van der Waals surface area contributed by atoms with Crippen LogP contribution in [-0.4, -0.2) is 46.8 Å². The number of nitrogens with one attached hydrogen (secondary N) is 1. The van der Waals surface area contributed by atoms with Crippen molar-refractivity contribution < 1.29 is 9.59 Å². The highest BCUT2D eigenvalue weighted by Crippen LogP contribution is 2.33. The van der Waals surface area contributed by atoms with Gasteiger partial charge in [-0.25, -0.2) is 0 Å². The summed E-state index contributed by atoms with van der Waals surface area (Å²) >= 11 is 1.82. The Morgan fingerprint density at radius 3 is 2.68 bits per heavy atom. The van der Waals surface area contributed by atoms with Gasteiger partial charge in [0.25, 0.3) is 0 Å². The third kappa shape index (κ3) is 3.25. The van der Waals surface area contributed by atoms with E-state index in [0.717, 1.165) is 38.6 Å². The summed E-state index contributed by atoms with van der Waals surface area (Å²) in [5, 5.41) is 3.56. The largest absolute Gasteiger partial charge is 0.342 e. The first kappa shape index (κ1) is 14.7. The van der Waals surface area contributed by atoms with Crippen LogP contribution in [0.15, 0.2) is 0 Å². The maximum absolute atomic E-state index is 12.7. The number of carbonyl (C=O) groups excluding carboxylic acids is 2. The fourth-order valence-electron chi connectivity index (χ4n) is 3.01. The molecule has 0 aromatic carbocycles. The van der Waals surface area contributed by atoms with Crippen molar-refractivity contribution in [3.8, 4) is 0 Å².